The summed E-state index contributed by atoms with van der Waals surface area (Å²) in [4.78, 5) is 58.9. The molecule has 1 fully saturated rings. The van der Waals surface area contributed by atoms with Gasteiger partial charge in [-0.05, 0) is 75.0 Å². The van der Waals surface area contributed by atoms with E-state index in [1.165, 1.54) is 0 Å². The SMILES string of the molecule is CC(C)C[C@@H](NC(=O)[C@@H](CCc1ccccc1)NC(=O)[C@H](N)Cc1ccccc1)C(=O)N[C@H](CCCCNC(C)C)C(=O)N1CCCN(C(=N)N)CC1. The first kappa shape index (κ1) is 42.9. The zero-order valence-electron chi connectivity index (χ0n) is 32.1. The van der Waals surface area contributed by atoms with E-state index in [0.717, 1.165) is 24.1 Å². The molecule has 0 aromatic heterocycles. The van der Waals surface area contributed by atoms with E-state index in [-0.39, 0.29) is 17.8 Å². The van der Waals surface area contributed by atoms with E-state index in [0.29, 0.717) is 77.2 Å². The van der Waals surface area contributed by atoms with Gasteiger partial charge in [0.25, 0.3) is 0 Å². The van der Waals surface area contributed by atoms with Crippen LogP contribution in [0.4, 0.5) is 0 Å². The first-order chi connectivity index (χ1) is 25.3. The number of amides is 4. The van der Waals surface area contributed by atoms with Gasteiger partial charge in [-0.15, -0.1) is 0 Å². The maximum Gasteiger partial charge on any atom is 0.245 e. The topological polar surface area (TPSA) is 199 Å². The number of guanidine groups is 1. The summed E-state index contributed by atoms with van der Waals surface area (Å²) in [6.45, 7) is 10.8. The van der Waals surface area contributed by atoms with Crippen molar-refractivity contribution in [1.82, 2.24) is 31.1 Å². The zero-order valence-corrected chi connectivity index (χ0v) is 32.1. The number of carbonyl (C=O) groups is 4. The van der Waals surface area contributed by atoms with Crippen LogP contribution in [0.1, 0.15) is 77.3 Å². The van der Waals surface area contributed by atoms with Gasteiger partial charge in [-0.25, -0.2) is 0 Å². The molecule has 0 aliphatic carbocycles. The second kappa shape index (κ2) is 22.5. The van der Waals surface area contributed by atoms with E-state index in [1.54, 1.807) is 9.80 Å². The minimum absolute atomic E-state index is 0.0227. The van der Waals surface area contributed by atoms with Crippen molar-refractivity contribution in [2.24, 2.45) is 17.4 Å². The highest BCUT2D eigenvalue weighted by molar-refractivity contribution is 5.95. The van der Waals surface area contributed by atoms with Crippen LogP contribution in [0.5, 0.6) is 0 Å². The minimum Gasteiger partial charge on any atom is -0.370 e. The molecule has 1 aliphatic rings. The maximum atomic E-state index is 14.1. The van der Waals surface area contributed by atoms with Gasteiger partial charge in [-0.1, -0.05) is 88.4 Å². The van der Waals surface area contributed by atoms with Gasteiger partial charge < -0.3 is 42.5 Å². The predicted molar refractivity (Wildman–Crippen MR) is 210 cm³/mol. The third-order valence-electron chi connectivity index (χ3n) is 9.41. The molecule has 1 heterocycles. The lowest BCUT2D eigenvalue weighted by Gasteiger charge is -2.29. The van der Waals surface area contributed by atoms with E-state index in [9.17, 15) is 19.2 Å². The van der Waals surface area contributed by atoms with Crippen molar-refractivity contribution in [2.45, 2.75) is 109 Å². The summed E-state index contributed by atoms with van der Waals surface area (Å²) < 4.78 is 0. The molecule has 0 saturated carbocycles. The van der Waals surface area contributed by atoms with Crippen molar-refractivity contribution in [3.8, 4) is 0 Å². The first-order valence-electron chi connectivity index (χ1n) is 19.2. The van der Waals surface area contributed by atoms with Crippen LogP contribution in [0, 0.1) is 11.3 Å². The van der Waals surface area contributed by atoms with E-state index < -0.39 is 41.9 Å². The molecule has 9 N–H and O–H groups in total. The van der Waals surface area contributed by atoms with Crippen LogP contribution >= 0.6 is 0 Å². The quantitative estimate of drug-likeness (QED) is 0.0611. The Morgan fingerprint density at radius 2 is 1.28 bits per heavy atom. The largest absolute Gasteiger partial charge is 0.370 e. The third kappa shape index (κ3) is 15.6. The van der Waals surface area contributed by atoms with Crippen LogP contribution in [0.2, 0.25) is 0 Å². The lowest BCUT2D eigenvalue weighted by atomic mass is 9.99. The van der Waals surface area contributed by atoms with E-state index >= 15 is 0 Å². The molecular formula is C40H63N9O4. The fraction of sp³-hybridized carbons (Fsp3) is 0.575. The fourth-order valence-electron chi connectivity index (χ4n) is 6.43. The lowest BCUT2D eigenvalue weighted by molar-refractivity contribution is -0.138. The van der Waals surface area contributed by atoms with E-state index in [4.69, 9.17) is 16.9 Å². The molecule has 0 bridgehead atoms. The summed E-state index contributed by atoms with van der Waals surface area (Å²) in [5.41, 5.74) is 14.0. The molecule has 2 aromatic rings. The van der Waals surface area contributed by atoms with Gasteiger partial charge in [-0.3, -0.25) is 24.6 Å². The lowest BCUT2D eigenvalue weighted by Crippen LogP contribution is -2.58. The number of benzene rings is 2. The number of hydrogen-bond acceptors (Lipinski definition) is 7. The van der Waals surface area contributed by atoms with Gasteiger partial charge in [0, 0.05) is 32.2 Å². The smallest absolute Gasteiger partial charge is 0.245 e. The number of nitrogens with one attached hydrogen (secondary N) is 5. The second-order valence-electron chi connectivity index (χ2n) is 14.8. The van der Waals surface area contributed by atoms with Crippen molar-refractivity contribution in [3.63, 3.8) is 0 Å². The Labute approximate surface area is 315 Å². The summed E-state index contributed by atoms with van der Waals surface area (Å²) in [5, 5.41) is 20.0. The van der Waals surface area contributed by atoms with Gasteiger partial charge in [0.15, 0.2) is 5.96 Å². The summed E-state index contributed by atoms with van der Waals surface area (Å²) in [6, 6.07) is 15.9. The van der Waals surface area contributed by atoms with Crippen molar-refractivity contribution >= 4 is 29.6 Å². The Balaban J connectivity index is 1.77. The molecule has 2 aromatic carbocycles. The highest BCUT2D eigenvalue weighted by Gasteiger charge is 2.33. The molecule has 13 nitrogen and oxygen atoms in total. The van der Waals surface area contributed by atoms with Crippen LogP contribution < -0.4 is 32.7 Å². The number of nitrogens with two attached hydrogens (primary N) is 2. The van der Waals surface area contributed by atoms with Gasteiger partial charge in [0.1, 0.15) is 18.1 Å². The van der Waals surface area contributed by atoms with Gasteiger partial charge in [0.05, 0.1) is 6.04 Å². The monoisotopic (exact) mass is 734 g/mol. The molecule has 13 heteroatoms. The Hall–Kier alpha value is -4.49. The van der Waals surface area contributed by atoms with Crippen LogP contribution in [-0.2, 0) is 32.0 Å². The first-order valence-corrected chi connectivity index (χ1v) is 19.2. The summed E-state index contributed by atoms with van der Waals surface area (Å²) in [7, 11) is 0. The Kier molecular flexibility index (Phi) is 18.3. The Bertz CT molecular complexity index is 1440. The van der Waals surface area contributed by atoms with Gasteiger partial charge >= 0.3 is 0 Å². The van der Waals surface area contributed by atoms with Crippen LogP contribution in [0.25, 0.3) is 0 Å². The van der Waals surface area contributed by atoms with E-state index in [2.05, 4.69) is 35.1 Å². The number of carbonyl (C=O) groups excluding carboxylic acids is 4. The molecule has 1 aliphatic heterocycles. The number of nitrogens with zero attached hydrogens (tertiary/aromatic N) is 2. The average Bonchev–Trinajstić information content (AvgIpc) is 3.39. The molecule has 0 unspecified atom stereocenters. The van der Waals surface area contributed by atoms with Crippen LogP contribution in [0.15, 0.2) is 60.7 Å². The van der Waals surface area contributed by atoms with Crippen molar-refractivity contribution in [2.75, 3.05) is 32.7 Å². The highest BCUT2D eigenvalue weighted by Crippen LogP contribution is 2.13. The number of aryl methyl sites for hydroxylation is 1. The number of hydrogen-bond donors (Lipinski definition) is 7. The summed E-state index contributed by atoms with van der Waals surface area (Å²) in [6.07, 6.45) is 4.10. The molecule has 3 rings (SSSR count). The van der Waals surface area contributed by atoms with Crippen molar-refractivity contribution in [1.29, 1.82) is 5.41 Å². The van der Waals surface area contributed by atoms with Crippen LogP contribution in [0.3, 0.4) is 0 Å². The minimum atomic E-state index is -0.945. The van der Waals surface area contributed by atoms with Crippen LogP contribution in [-0.4, -0.2) is 102 Å². The van der Waals surface area contributed by atoms with Gasteiger partial charge in [-0.2, -0.15) is 0 Å². The summed E-state index contributed by atoms with van der Waals surface area (Å²) >= 11 is 0. The standard InChI is InChI=1S/C40H63N9O4/c1-28(2)26-35(38(52)46-34(18-11-12-21-44-29(3)4)39(53)48-22-13-23-49(25-24-48)40(42)43)47-37(51)33(20-19-30-14-7-5-8-15-30)45-36(50)32(41)27-31-16-9-6-10-17-31/h5-10,14-17,28-29,32-35,44H,11-13,18-27,41H2,1-4H3,(H3,42,43)(H,45,50)(H,46,52)(H,47,51)/t32-,33-,34-,35-/m1/s1. The zero-order chi connectivity index (χ0) is 38.8. The predicted octanol–water partition coefficient (Wildman–Crippen LogP) is 2.29. The number of unbranched alkanes of at least 4 members (excludes halogenated alkanes) is 1. The molecule has 4 amide bonds. The normalized spacial score (nSPS) is 15.6. The highest BCUT2D eigenvalue weighted by atomic mass is 16.2. The fourth-order valence-corrected chi connectivity index (χ4v) is 6.43. The average molecular weight is 734 g/mol. The van der Waals surface area contributed by atoms with Crippen molar-refractivity contribution < 1.29 is 19.2 Å². The molecule has 53 heavy (non-hydrogen) atoms. The molecule has 292 valence electrons. The summed E-state index contributed by atoms with van der Waals surface area (Å²) in [5.74, 6) is -1.55. The second-order valence-corrected chi connectivity index (χ2v) is 14.8. The molecule has 1 saturated heterocycles. The molecule has 0 spiro atoms. The third-order valence-corrected chi connectivity index (χ3v) is 9.41. The molecular weight excluding hydrogens is 670 g/mol. The maximum absolute atomic E-state index is 14.1. The van der Waals surface area contributed by atoms with Crippen molar-refractivity contribution in [3.05, 3.63) is 71.8 Å². The van der Waals surface area contributed by atoms with E-state index in [1.807, 2.05) is 74.5 Å². The Morgan fingerprint density at radius 3 is 1.91 bits per heavy atom. The molecule has 0 radical (unpaired) electrons. The van der Waals surface area contributed by atoms with Gasteiger partial charge in [0.2, 0.25) is 23.6 Å². The molecule has 4 atom stereocenters. The number of rotatable bonds is 20. The Morgan fingerprint density at radius 1 is 0.717 bits per heavy atom.